The second kappa shape index (κ2) is 5.50. The Hall–Kier alpha value is -2.46. The lowest BCUT2D eigenvalue weighted by Gasteiger charge is -1.98. The minimum Gasteiger partial charge on any atom is -0.402 e. The molecule has 0 N–H and O–H groups in total. The van der Waals surface area contributed by atoms with E-state index >= 15 is 0 Å². The van der Waals surface area contributed by atoms with Gasteiger partial charge in [0.1, 0.15) is 5.82 Å². The number of carbonyl (C=O) groups excluding carboxylic acids is 1. The molecular formula is C16H9ClFNO2. The van der Waals surface area contributed by atoms with Crippen LogP contribution in [0.5, 0.6) is 0 Å². The molecule has 0 amide bonds. The van der Waals surface area contributed by atoms with Crippen molar-refractivity contribution in [2.24, 2.45) is 4.99 Å². The van der Waals surface area contributed by atoms with Crippen LogP contribution in [0.3, 0.4) is 0 Å². The molecule has 0 aliphatic carbocycles. The lowest BCUT2D eigenvalue weighted by Crippen LogP contribution is -2.05. The monoisotopic (exact) mass is 301 g/mol. The van der Waals surface area contributed by atoms with Crippen molar-refractivity contribution in [3.63, 3.8) is 0 Å². The molecule has 1 heterocycles. The van der Waals surface area contributed by atoms with Gasteiger partial charge in [-0.1, -0.05) is 23.7 Å². The summed E-state index contributed by atoms with van der Waals surface area (Å²) in [5, 5.41) is 0.589. The number of aliphatic imine (C=N–C) groups is 1. The average molecular weight is 302 g/mol. The van der Waals surface area contributed by atoms with Gasteiger partial charge in [-0.2, -0.15) is 0 Å². The van der Waals surface area contributed by atoms with Crippen molar-refractivity contribution < 1.29 is 13.9 Å². The SMILES string of the molecule is O=C1OC(c2ccc(Cl)cc2)=NC1=Cc1ccc(F)cc1. The third-order valence-electron chi connectivity index (χ3n) is 2.89. The van der Waals surface area contributed by atoms with Crippen molar-refractivity contribution in [2.45, 2.75) is 0 Å². The summed E-state index contributed by atoms with van der Waals surface area (Å²) in [6, 6.07) is 12.6. The summed E-state index contributed by atoms with van der Waals surface area (Å²) in [6.07, 6.45) is 1.55. The first-order valence-electron chi connectivity index (χ1n) is 6.16. The van der Waals surface area contributed by atoms with Gasteiger partial charge in [0.25, 0.3) is 0 Å². The molecule has 0 radical (unpaired) electrons. The number of halogens is 2. The van der Waals surface area contributed by atoms with E-state index in [1.807, 2.05) is 0 Å². The highest BCUT2D eigenvalue weighted by Crippen LogP contribution is 2.20. The Kier molecular flexibility index (Phi) is 3.54. The molecule has 0 aromatic heterocycles. The van der Waals surface area contributed by atoms with Gasteiger partial charge in [0.05, 0.1) is 0 Å². The number of benzene rings is 2. The van der Waals surface area contributed by atoms with Gasteiger partial charge in [0, 0.05) is 10.6 Å². The fraction of sp³-hybridized carbons (Fsp3) is 0. The Morgan fingerprint density at radius 3 is 2.38 bits per heavy atom. The first-order chi connectivity index (χ1) is 10.1. The van der Waals surface area contributed by atoms with Crippen LogP contribution in [-0.2, 0) is 9.53 Å². The van der Waals surface area contributed by atoms with E-state index in [0.717, 1.165) is 0 Å². The third kappa shape index (κ3) is 3.01. The maximum absolute atomic E-state index is 12.8. The fourth-order valence-electron chi connectivity index (χ4n) is 1.84. The number of hydrogen-bond acceptors (Lipinski definition) is 3. The van der Waals surface area contributed by atoms with E-state index in [4.69, 9.17) is 16.3 Å². The van der Waals surface area contributed by atoms with Crippen molar-refractivity contribution in [1.29, 1.82) is 0 Å². The van der Waals surface area contributed by atoms with Crippen LogP contribution < -0.4 is 0 Å². The number of rotatable bonds is 2. The van der Waals surface area contributed by atoms with Crippen LogP contribution in [0, 0.1) is 5.82 Å². The summed E-state index contributed by atoms with van der Waals surface area (Å²) < 4.78 is 18.0. The van der Waals surface area contributed by atoms with Gasteiger partial charge in [-0.3, -0.25) is 0 Å². The molecule has 21 heavy (non-hydrogen) atoms. The van der Waals surface area contributed by atoms with Gasteiger partial charge in [-0.15, -0.1) is 0 Å². The minimum absolute atomic E-state index is 0.173. The quantitative estimate of drug-likeness (QED) is 0.625. The van der Waals surface area contributed by atoms with Gasteiger partial charge >= 0.3 is 5.97 Å². The fourth-order valence-corrected chi connectivity index (χ4v) is 1.97. The van der Waals surface area contributed by atoms with Gasteiger partial charge in [0.2, 0.25) is 5.90 Å². The molecule has 0 fully saturated rings. The molecule has 1 aliphatic heterocycles. The van der Waals surface area contributed by atoms with Crippen molar-refractivity contribution in [3.8, 4) is 0 Å². The molecule has 0 saturated carbocycles. The molecule has 0 spiro atoms. The molecule has 0 atom stereocenters. The normalized spacial score (nSPS) is 16.0. The summed E-state index contributed by atoms with van der Waals surface area (Å²) in [4.78, 5) is 15.9. The summed E-state index contributed by atoms with van der Waals surface area (Å²) in [5.41, 5.74) is 1.51. The van der Waals surface area contributed by atoms with E-state index in [2.05, 4.69) is 4.99 Å². The van der Waals surface area contributed by atoms with Crippen LogP contribution in [0.2, 0.25) is 5.02 Å². The zero-order valence-electron chi connectivity index (χ0n) is 10.7. The van der Waals surface area contributed by atoms with Crippen LogP contribution in [-0.4, -0.2) is 11.9 Å². The smallest absolute Gasteiger partial charge is 0.363 e. The number of hydrogen-bond donors (Lipinski definition) is 0. The highest BCUT2D eigenvalue weighted by Gasteiger charge is 2.23. The highest BCUT2D eigenvalue weighted by atomic mass is 35.5. The Morgan fingerprint density at radius 1 is 1.05 bits per heavy atom. The van der Waals surface area contributed by atoms with E-state index in [1.165, 1.54) is 12.1 Å². The summed E-state index contributed by atoms with van der Waals surface area (Å²) >= 11 is 5.81. The Morgan fingerprint density at radius 2 is 1.71 bits per heavy atom. The van der Waals surface area contributed by atoms with Gasteiger partial charge in [-0.05, 0) is 48.0 Å². The number of cyclic esters (lactones) is 1. The third-order valence-corrected chi connectivity index (χ3v) is 3.14. The number of nitrogens with zero attached hydrogens (tertiary/aromatic N) is 1. The zero-order valence-corrected chi connectivity index (χ0v) is 11.5. The number of carbonyl (C=O) groups is 1. The molecule has 5 heteroatoms. The second-order valence-corrected chi connectivity index (χ2v) is 4.83. The van der Waals surface area contributed by atoms with Crippen molar-refractivity contribution in [2.75, 3.05) is 0 Å². The first-order valence-corrected chi connectivity index (χ1v) is 6.54. The molecular weight excluding hydrogens is 293 g/mol. The van der Waals surface area contributed by atoms with Crippen molar-refractivity contribution >= 4 is 29.5 Å². The maximum Gasteiger partial charge on any atom is 0.363 e. The standard InChI is InChI=1S/C16H9ClFNO2/c17-12-5-3-11(4-6-12)15-19-14(16(20)21-15)9-10-1-7-13(18)8-2-10/h1-9H. The van der Waals surface area contributed by atoms with E-state index in [-0.39, 0.29) is 17.4 Å². The average Bonchev–Trinajstić information content (AvgIpc) is 2.83. The molecule has 0 saturated heterocycles. The first kappa shape index (κ1) is 13.5. The lowest BCUT2D eigenvalue weighted by atomic mass is 10.2. The summed E-state index contributed by atoms with van der Waals surface area (Å²) in [5.74, 6) is -0.647. The maximum atomic E-state index is 12.8. The molecule has 0 unspecified atom stereocenters. The molecule has 0 bridgehead atoms. The molecule has 3 nitrogen and oxygen atoms in total. The molecule has 2 aromatic carbocycles. The Balaban J connectivity index is 1.91. The zero-order chi connectivity index (χ0) is 14.8. The highest BCUT2D eigenvalue weighted by molar-refractivity contribution is 6.30. The van der Waals surface area contributed by atoms with E-state index in [1.54, 1.807) is 42.5 Å². The lowest BCUT2D eigenvalue weighted by molar-refractivity contribution is -0.129. The number of ether oxygens (including phenoxy) is 1. The summed E-state index contributed by atoms with van der Waals surface area (Å²) in [7, 11) is 0. The van der Waals surface area contributed by atoms with Crippen LogP contribution in [0.25, 0.3) is 6.08 Å². The second-order valence-electron chi connectivity index (χ2n) is 4.39. The van der Waals surface area contributed by atoms with E-state index in [0.29, 0.717) is 16.1 Å². The van der Waals surface area contributed by atoms with Gasteiger partial charge in [0.15, 0.2) is 5.70 Å². The Labute approximate surface area is 125 Å². The van der Waals surface area contributed by atoms with E-state index < -0.39 is 5.97 Å². The molecule has 3 rings (SSSR count). The predicted octanol–water partition coefficient (Wildman–Crippen LogP) is 3.82. The predicted molar refractivity (Wildman–Crippen MR) is 78.5 cm³/mol. The Bertz CT molecular complexity index is 749. The molecule has 2 aromatic rings. The van der Waals surface area contributed by atoms with Crippen molar-refractivity contribution in [1.82, 2.24) is 0 Å². The molecule has 104 valence electrons. The molecule has 1 aliphatic rings. The van der Waals surface area contributed by atoms with Crippen molar-refractivity contribution in [3.05, 3.63) is 76.2 Å². The van der Waals surface area contributed by atoms with Gasteiger partial charge < -0.3 is 4.74 Å². The van der Waals surface area contributed by atoms with Crippen LogP contribution in [0.4, 0.5) is 4.39 Å². The topological polar surface area (TPSA) is 38.7 Å². The largest absolute Gasteiger partial charge is 0.402 e. The minimum atomic E-state index is -0.538. The van der Waals surface area contributed by atoms with Crippen LogP contribution in [0.15, 0.2) is 59.2 Å². The summed E-state index contributed by atoms with van der Waals surface area (Å²) in [6.45, 7) is 0. The van der Waals surface area contributed by atoms with E-state index in [9.17, 15) is 9.18 Å². The van der Waals surface area contributed by atoms with Gasteiger partial charge in [-0.25, -0.2) is 14.2 Å². The van der Waals surface area contributed by atoms with Crippen LogP contribution >= 0.6 is 11.6 Å². The van der Waals surface area contributed by atoms with Crippen LogP contribution in [0.1, 0.15) is 11.1 Å². The number of esters is 1.